The third-order valence-corrected chi connectivity index (χ3v) is 5.49. The van der Waals surface area contributed by atoms with Gasteiger partial charge in [-0.15, -0.1) is 0 Å². The number of para-hydroxylation sites is 2. The van der Waals surface area contributed by atoms with Gasteiger partial charge in [0.05, 0.1) is 11.0 Å². The first kappa shape index (κ1) is 19.8. The van der Waals surface area contributed by atoms with E-state index in [0.717, 1.165) is 33.4 Å². The molecular weight excluding hydrogens is 398 g/mol. The number of hydrogen-bond donors (Lipinski definition) is 2. The minimum absolute atomic E-state index is 0.274. The molecule has 0 saturated heterocycles. The van der Waals surface area contributed by atoms with Crippen LogP contribution in [0.5, 0.6) is 0 Å². The average molecular weight is 422 g/mol. The molecule has 5 aromatic rings. The number of anilines is 1. The zero-order chi connectivity index (χ0) is 22.2. The average Bonchev–Trinajstić information content (AvgIpc) is 3.06. The van der Waals surface area contributed by atoms with Crippen molar-refractivity contribution in [2.24, 2.45) is 0 Å². The Kier molecular flexibility index (Phi) is 4.82. The van der Waals surface area contributed by atoms with Crippen molar-refractivity contribution >= 4 is 33.9 Å². The van der Waals surface area contributed by atoms with Crippen LogP contribution in [0.3, 0.4) is 0 Å². The molecule has 0 spiro atoms. The number of nitrogen functional groups attached to an aromatic ring is 1. The van der Waals surface area contributed by atoms with Crippen LogP contribution in [0.4, 0.5) is 5.82 Å². The van der Waals surface area contributed by atoms with Gasteiger partial charge >= 0.3 is 0 Å². The lowest BCUT2D eigenvalue weighted by Crippen LogP contribution is -2.24. The number of carbonyl (C=O) groups excluding carboxylic acids is 1. The second-order valence-electron chi connectivity index (χ2n) is 7.99. The van der Waals surface area contributed by atoms with E-state index in [2.05, 4.69) is 11.4 Å². The number of benzene rings is 3. The van der Waals surface area contributed by atoms with E-state index in [4.69, 9.17) is 15.7 Å². The molecule has 5 rings (SSSR count). The summed E-state index contributed by atoms with van der Waals surface area (Å²) < 4.78 is 1.83. The molecule has 0 unspecified atom stereocenters. The second-order valence-corrected chi connectivity index (χ2v) is 7.99. The first-order chi connectivity index (χ1) is 15.5. The number of aromatic nitrogens is 3. The number of nitrogens with one attached hydrogen (secondary N) is 1. The summed E-state index contributed by atoms with van der Waals surface area (Å²) in [5, 5.41) is 2.98. The molecule has 0 bridgehead atoms. The zero-order valence-electron chi connectivity index (χ0n) is 18.0. The van der Waals surface area contributed by atoms with Crippen LogP contribution in [-0.2, 0) is 6.54 Å². The molecule has 3 N–H and O–H groups in total. The maximum absolute atomic E-state index is 13.3. The molecule has 0 radical (unpaired) electrons. The summed E-state index contributed by atoms with van der Waals surface area (Å²) in [6.45, 7) is 4.47. The highest BCUT2D eigenvalue weighted by Crippen LogP contribution is 2.31. The molecule has 158 valence electrons. The number of carbonyl (C=O) groups is 1. The monoisotopic (exact) mass is 421 g/mol. The lowest BCUT2D eigenvalue weighted by Gasteiger charge is -2.10. The molecule has 0 saturated carbocycles. The summed E-state index contributed by atoms with van der Waals surface area (Å²) in [4.78, 5) is 22.9. The summed E-state index contributed by atoms with van der Waals surface area (Å²) in [6.07, 6.45) is 0. The second kappa shape index (κ2) is 7.81. The SMILES string of the molecule is Cc1cc(C)cc(-n2c(N)c(C(=O)NCc3ccccc3)c3nc4ccccc4nc32)c1. The topological polar surface area (TPSA) is 85.8 Å². The molecule has 6 heteroatoms. The molecule has 0 atom stereocenters. The van der Waals surface area contributed by atoms with Gasteiger partial charge in [0.25, 0.3) is 5.91 Å². The quantitative estimate of drug-likeness (QED) is 0.440. The molecule has 0 fully saturated rings. The van der Waals surface area contributed by atoms with Gasteiger partial charge in [-0.1, -0.05) is 48.5 Å². The summed E-state index contributed by atoms with van der Waals surface area (Å²) in [6, 6.07) is 23.6. The lowest BCUT2D eigenvalue weighted by molar-refractivity contribution is 0.0953. The van der Waals surface area contributed by atoms with E-state index in [-0.39, 0.29) is 5.91 Å². The van der Waals surface area contributed by atoms with E-state index in [1.807, 2.05) is 85.1 Å². The van der Waals surface area contributed by atoms with Crippen LogP contribution in [0, 0.1) is 13.8 Å². The standard InChI is InChI=1S/C26H23N5O/c1-16-12-17(2)14-19(13-16)31-24(27)22(26(32)28-15-18-8-4-3-5-9-18)23-25(31)30-21-11-7-6-10-20(21)29-23/h3-14H,15,27H2,1-2H3,(H,28,32). The molecule has 3 aromatic carbocycles. The van der Waals surface area contributed by atoms with Crippen molar-refractivity contribution in [1.82, 2.24) is 19.9 Å². The number of rotatable bonds is 4. The normalized spacial score (nSPS) is 11.2. The van der Waals surface area contributed by atoms with E-state index in [1.54, 1.807) is 0 Å². The molecular formula is C26H23N5O. The Morgan fingerprint density at radius 3 is 2.22 bits per heavy atom. The first-order valence-electron chi connectivity index (χ1n) is 10.5. The Bertz CT molecular complexity index is 1450. The largest absolute Gasteiger partial charge is 0.384 e. The van der Waals surface area contributed by atoms with Gasteiger partial charge in [0.1, 0.15) is 16.9 Å². The minimum atomic E-state index is -0.274. The highest BCUT2D eigenvalue weighted by Gasteiger charge is 2.25. The van der Waals surface area contributed by atoms with Gasteiger partial charge in [-0.25, -0.2) is 9.97 Å². The molecule has 0 aliphatic carbocycles. The highest BCUT2D eigenvalue weighted by molar-refractivity contribution is 6.11. The van der Waals surface area contributed by atoms with Gasteiger partial charge in [0.2, 0.25) is 0 Å². The maximum Gasteiger partial charge on any atom is 0.257 e. The first-order valence-corrected chi connectivity index (χ1v) is 10.5. The molecule has 1 amide bonds. The van der Waals surface area contributed by atoms with Crippen molar-refractivity contribution in [3.05, 3.63) is 95.1 Å². The van der Waals surface area contributed by atoms with Crippen LogP contribution in [-0.4, -0.2) is 20.4 Å². The van der Waals surface area contributed by atoms with E-state index < -0.39 is 0 Å². The predicted octanol–water partition coefficient (Wildman–Crippen LogP) is 4.70. The Morgan fingerprint density at radius 1 is 0.906 bits per heavy atom. The zero-order valence-corrected chi connectivity index (χ0v) is 18.0. The number of fused-ring (bicyclic) bond motifs is 2. The number of amides is 1. The molecule has 2 heterocycles. The number of aryl methyl sites for hydroxylation is 2. The van der Waals surface area contributed by atoms with E-state index in [9.17, 15) is 4.79 Å². The Balaban J connectivity index is 1.70. The van der Waals surface area contributed by atoms with Gasteiger partial charge in [0, 0.05) is 12.2 Å². The molecule has 0 aliphatic rings. The molecule has 2 aromatic heterocycles. The van der Waals surface area contributed by atoms with Gasteiger partial charge < -0.3 is 11.1 Å². The Morgan fingerprint density at radius 2 is 1.53 bits per heavy atom. The minimum Gasteiger partial charge on any atom is -0.384 e. The van der Waals surface area contributed by atoms with Crippen molar-refractivity contribution < 1.29 is 4.79 Å². The van der Waals surface area contributed by atoms with E-state index in [1.165, 1.54) is 0 Å². The third kappa shape index (κ3) is 3.46. The third-order valence-electron chi connectivity index (χ3n) is 5.49. The summed E-state index contributed by atoms with van der Waals surface area (Å²) >= 11 is 0. The maximum atomic E-state index is 13.3. The van der Waals surface area contributed by atoms with Gasteiger partial charge in [-0.3, -0.25) is 9.36 Å². The fourth-order valence-corrected chi connectivity index (χ4v) is 4.09. The van der Waals surface area contributed by atoms with Gasteiger partial charge in [0.15, 0.2) is 5.65 Å². The van der Waals surface area contributed by atoms with Crippen LogP contribution in [0.25, 0.3) is 27.9 Å². The fourth-order valence-electron chi connectivity index (χ4n) is 4.09. The molecule has 32 heavy (non-hydrogen) atoms. The van der Waals surface area contributed by atoms with Crippen LogP contribution < -0.4 is 11.1 Å². The van der Waals surface area contributed by atoms with Crippen molar-refractivity contribution in [3.8, 4) is 5.69 Å². The van der Waals surface area contributed by atoms with Crippen molar-refractivity contribution in [2.45, 2.75) is 20.4 Å². The van der Waals surface area contributed by atoms with Crippen LogP contribution in [0.1, 0.15) is 27.0 Å². The lowest BCUT2D eigenvalue weighted by atomic mass is 10.1. The smallest absolute Gasteiger partial charge is 0.257 e. The summed E-state index contributed by atoms with van der Waals surface area (Å²) in [5.41, 5.74) is 13.5. The van der Waals surface area contributed by atoms with Crippen molar-refractivity contribution in [2.75, 3.05) is 5.73 Å². The summed E-state index contributed by atoms with van der Waals surface area (Å²) in [5.74, 6) is 0.0509. The number of nitrogens with two attached hydrogens (primary N) is 1. The Hall–Kier alpha value is -4.19. The van der Waals surface area contributed by atoms with E-state index in [0.29, 0.717) is 29.1 Å². The van der Waals surface area contributed by atoms with Crippen molar-refractivity contribution in [1.29, 1.82) is 0 Å². The number of hydrogen-bond acceptors (Lipinski definition) is 4. The van der Waals surface area contributed by atoms with Gasteiger partial charge in [-0.05, 0) is 54.8 Å². The fraction of sp³-hybridized carbons (Fsp3) is 0.115. The molecule has 0 aliphatic heterocycles. The highest BCUT2D eigenvalue weighted by atomic mass is 16.1. The van der Waals surface area contributed by atoms with Crippen LogP contribution in [0.2, 0.25) is 0 Å². The van der Waals surface area contributed by atoms with Crippen LogP contribution in [0.15, 0.2) is 72.8 Å². The Labute approximate surface area is 185 Å². The van der Waals surface area contributed by atoms with Gasteiger partial charge in [-0.2, -0.15) is 0 Å². The van der Waals surface area contributed by atoms with Crippen LogP contribution >= 0.6 is 0 Å². The van der Waals surface area contributed by atoms with Crippen molar-refractivity contribution in [3.63, 3.8) is 0 Å². The summed E-state index contributed by atoms with van der Waals surface area (Å²) in [7, 11) is 0. The van der Waals surface area contributed by atoms with E-state index >= 15 is 0 Å². The molecule has 6 nitrogen and oxygen atoms in total. The predicted molar refractivity (Wildman–Crippen MR) is 128 cm³/mol. The number of nitrogens with zero attached hydrogens (tertiary/aromatic N) is 3.